The van der Waals surface area contributed by atoms with Gasteiger partial charge in [0.25, 0.3) is 0 Å². The van der Waals surface area contributed by atoms with Gasteiger partial charge in [-0.3, -0.25) is 0 Å². The number of hydrogen-bond acceptors (Lipinski definition) is 2. The van der Waals surface area contributed by atoms with E-state index in [1.807, 2.05) is 0 Å². The van der Waals surface area contributed by atoms with Crippen molar-refractivity contribution in [1.29, 1.82) is 0 Å². The Labute approximate surface area is 104 Å². The number of benzene rings is 1. The van der Waals surface area contributed by atoms with Crippen LogP contribution in [0.25, 0.3) is 0 Å². The second-order valence-electron chi connectivity index (χ2n) is 4.93. The molecule has 0 unspecified atom stereocenters. The van der Waals surface area contributed by atoms with E-state index in [-0.39, 0.29) is 0 Å². The summed E-state index contributed by atoms with van der Waals surface area (Å²) in [5.74, 6) is 1.82. The Hall–Kier alpha value is -1.02. The minimum Gasteiger partial charge on any atom is -0.493 e. The lowest BCUT2D eigenvalue weighted by Gasteiger charge is -2.25. The Morgan fingerprint density at radius 2 is 2.00 bits per heavy atom. The van der Waals surface area contributed by atoms with Crippen molar-refractivity contribution in [3.05, 3.63) is 29.8 Å². The lowest BCUT2D eigenvalue weighted by atomic mass is 9.86. The average Bonchev–Trinajstić information content (AvgIpc) is 2.29. The van der Waals surface area contributed by atoms with Crippen LogP contribution in [0.3, 0.4) is 0 Å². The maximum absolute atomic E-state index is 5.77. The fourth-order valence-corrected chi connectivity index (χ4v) is 1.99. The molecular formula is C15H23NO. The van der Waals surface area contributed by atoms with E-state index >= 15 is 0 Å². The summed E-state index contributed by atoms with van der Waals surface area (Å²) in [7, 11) is 0. The molecule has 0 atom stereocenters. The first kappa shape index (κ1) is 12.4. The van der Waals surface area contributed by atoms with E-state index in [0.717, 1.165) is 31.4 Å². The van der Waals surface area contributed by atoms with E-state index in [2.05, 4.69) is 36.5 Å². The van der Waals surface area contributed by atoms with Crippen molar-refractivity contribution in [2.45, 2.75) is 39.2 Å². The Morgan fingerprint density at radius 1 is 1.24 bits per heavy atom. The highest BCUT2D eigenvalue weighted by atomic mass is 16.5. The second-order valence-corrected chi connectivity index (χ2v) is 4.93. The fraction of sp³-hybridized carbons (Fsp3) is 0.600. The van der Waals surface area contributed by atoms with Gasteiger partial charge in [-0.25, -0.2) is 0 Å². The minimum absolute atomic E-state index is 0.806. The van der Waals surface area contributed by atoms with Gasteiger partial charge in [0.15, 0.2) is 0 Å². The third-order valence-electron chi connectivity index (χ3n) is 3.39. The lowest BCUT2D eigenvalue weighted by Crippen LogP contribution is -2.19. The van der Waals surface area contributed by atoms with Crippen LogP contribution < -0.4 is 10.1 Å². The van der Waals surface area contributed by atoms with Crippen LogP contribution in [-0.2, 0) is 6.54 Å². The molecule has 1 saturated carbocycles. The molecule has 2 rings (SSSR count). The molecule has 2 heteroatoms. The Bertz CT molecular complexity index is 316. The summed E-state index contributed by atoms with van der Waals surface area (Å²) in [6, 6.07) is 8.47. The molecule has 0 spiro atoms. The van der Waals surface area contributed by atoms with Gasteiger partial charge in [-0.2, -0.15) is 0 Å². The molecule has 1 aliphatic rings. The molecule has 0 aromatic heterocycles. The minimum atomic E-state index is 0.806. The van der Waals surface area contributed by atoms with Crippen LogP contribution in [0.15, 0.2) is 24.3 Å². The highest BCUT2D eigenvalue weighted by Gasteiger charge is 2.17. The molecule has 17 heavy (non-hydrogen) atoms. The van der Waals surface area contributed by atoms with Crippen LogP contribution in [-0.4, -0.2) is 13.2 Å². The average molecular weight is 233 g/mol. The molecule has 1 N–H and O–H groups in total. The van der Waals surface area contributed by atoms with Gasteiger partial charge in [0, 0.05) is 6.54 Å². The first-order valence-electron chi connectivity index (χ1n) is 6.81. The molecule has 1 aromatic carbocycles. The van der Waals surface area contributed by atoms with Crippen LogP contribution in [0.2, 0.25) is 0 Å². The van der Waals surface area contributed by atoms with E-state index < -0.39 is 0 Å². The highest BCUT2D eigenvalue weighted by Crippen LogP contribution is 2.27. The van der Waals surface area contributed by atoms with Crippen molar-refractivity contribution in [3.8, 4) is 5.75 Å². The van der Waals surface area contributed by atoms with Crippen molar-refractivity contribution < 1.29 is 4.74 Å². The van der Waals surface area contributed by atoms with Crippen molar-refractivity contribution in [3.63, 3.8) is 0 Å². The van der Waals surface area contributed by atoms with Crippen LogP contribution in [0.5, 0.6) is 5.75 Å². The molecule has 1 aromatic rings. The van der Waals surface area contributed by atoms with E-state index in [1.54, 1.807) is 0 Å². The summed E-state index contributed by atoms with van der Waals surface area (Å²) in [5, 5.41) is 3.40. The third-order valence-corrected chi connectivity index (χ3v) is 3.39. The SMILES string of the molecule is CCCNCc1ccc(OCC2CCC2)cc1. The number of ether oxygens (including phenoxy) is 1. The number of nitrogens with one attached hydrogen (secondary N) is 1. The molecule has 1 fully saturated rings. The first-order chi connectivity index (χ1) is 8.38. The zero-order valence-electron chi connectivity index (χ0n) is 10.7. The van der Waals surface area contributed by atoms with Crippen LogP contribution >= 0.6 is 0 Å². The predicted octanol–water partition coefficient (Wildman–Crippen LogP) is 3.37. The lowest BCUT2D eigenvalue weighted by molar-refractivity contribution is 0.180. The van der Waals surface area contributed by atoms with Gasteiger partial charge in [0.2, 0.25) is 0 Å². The first-order valence-corrected chi connectivity index (χ1v) is 6.81. The van der Waals surface area contributed by atoms with Crippen LogP contribution in [0, 0.1) is 5.92 Å². The zero-order chi connectivity index (χ0) is 11.9. The Morgan fingerprint density at radius 3 is 2.59 bits per heavy atom. The maximum Gasteiger partial charge on any atom is 0.119 e. The summed E-state index contributed by atoms with van der Waals surface area (Å²) in [6.07, 6.45) is 5.26. The second kappa shape index (κ2) is 6.65. The summed E-state index contributed by atoms with van der Waals surface area (Å²) in [4.78, 5) is 0. The standard InChI is InChI=1S/C15H23NO/c1-2-10-16-11-13-6-8-15(9-7-13)17-12-14-4-3-5-14/h6-9,14,16H,2-5,10-12H2,1H3. The quantitative estimate of drug-likeness (QED) is 0.729. The molecule has 0 heterocycles. The summed E-state index contributed by atoms with van der Waals surface area (Å²) in [6.45, 7) is 5.12. The molecule has 0 amide bonds. The number of rotatable bonds is 7. The van der Waals surface area contributed by atoms with Gasteiger partial charge in [-0.1, -0.05) is 25.5 Å². The fourth-order valence-electron chi connectivity index (χ4n) is 1.99. The van der Waals surface area contributed by atoms with E-state index in [9.17, 15) is 0 Å². The molecule has 1 aliphatic carbocycles. The largest absolute Gasteiger partial charge is 0.493 e. The number of hydrogen-bond donors (Lipinski definition) is 1. The van der Waals surface area contributed by atoms with Gasteiger partial charge >= 0.3 is 0 Å². The topological polar surface area (TPSA) is 21.3 Å². The predicted molar refractivity (Wildman–Crippen MR) is 71.3 cm³/mol. The van der Waals surface area contributed by atoms with Crippen molar-refractivity contribution in [2.75, 3.05) is 13.2 Å². The van der Waals surface area contributed by atoms with E-state index in [0.29, 0.717) is 0 Å². The molecule has 0 radical (unpaired) electrons. The van der Waals surface area contributed by atoms with Crippen molar-refractivity contribution in [2.24, 2.45) is 5.92 Å². The van der Waals surface area contributed by atoms with Gasteiger partial charge in [0.05, 0.1) is 6.61 Å². The smallest absolute Gasteiger partial charge is 0.119 e. The van der Waals surface area contributed by atoms with Gasteiger partial charge in [-0.05, 0) is 49.4 Å². The summed E-state index contributed by atoms with van der Waals surface area (Å²) >= 11 is 0. The Balaban J connectivity index is 1.72. The summed E-state index contributed by atoms with van der Waals surface area (Å²) in [5.41, 5.74) is 1.33. The van der Waals surface area contributed by atoms with Gasteiger partial charge < -0.3 is 10.1 Å². The molecule has 0 saturated heterocycles. The maximum atomic E-state index is 5.77. The van der Waals surface area contributed by atoms with Crippen LogP contribution in [0.1, 0.15) is 38.2 Å². The summed E-state index contributed by atoms with van der Waals surface area (Å²) < 4.78 is 5.77. The van der Waals surface area contributed by atoms with Crippen molar-refractivity contribution >= 4 is 0 Å². The molecular weight excluding hydrogens is 210 g/mol. The third kappa shape index (κ3) is 4.04. The monoisotopic (exact) mass is 233 g/mol. The van der Waals surface area contributed by atoms with Gasteiger partial charge in [-0.15, -0.1) is 0 Å². The highest BCUT2D eigenvalue weighted by molar-refractivity contribution is 5.27. The zero-order valence-corrected chi connectivity index (χ0v) is 10.7. The normalized spacial score (nSPS) is 15.6. The van der Waals surface area contributed by atoms with E-state index in [1.165, 1.54) is 31.2 Å². The molecule has 94 valence electrons. The van der Waals surface area contributed by atoms with Crippen molar-refractivity contribution in [1.82, 2.24) is 5.32 Å². The molecule has 2 nitrogen and oxygen atoms in total. The molecule has 0 bridgehead atoms. The van der Waals surface area contributed by atoms with Crippen LogP contribution in [0.4, 0.5) is 0 Å². The van der Waals surface area contributed by atoms with E-state index in [4.69, 9.17) is 4.74 Å². The van der Waals surface area contributed by atoms with Gasteiger partial charge in [0.1, 0.15) is 5.75 Å². The molecule has 0 aliphatic heterocycles. The Kier molecular flexibility index (Phi) is 4.87.